The molecule has 15 heavy (non-hydrogen) atoms. The average Bonchev–Trinajstić information content (AvgIpc) is 2.88. The lowest BCUT2D eigenvalue weighted by Crippen LogP contribution is -2.35. The maximum absolute atomic E-state index is 3.73. The van der Waals surface area contributed by atoms with Crippen LogP contribution in [0.3, 0.4) is 0 Å². The molecule has 0 radical (unpaired) electrons. The molecule has 0 aromatic carbocycles. The Morgan fingerprint density at radius 3 is 2.67 bits per heavy atom. The summed E-state index contributed by atoms with van der Waals surface area (Å²) >= 11 is 0. The molecule has 1 saturated heterocycles. The van der Waals surface area contributed by atoms with Crippen molar-refractivity contribution in [3.05, 3.63) is 0 Å². The molecule has 2 heteroatoms. The minimum Gasteiger partial charge on any atom is -0.313 e. The van der Waals surface area contributed by atoms with Crippen LogP contribution in [0.1, 0.15) is 45.4 Å². The fourth-order valence-electron chi connectivity index (χ4n) is 3.06. The van der Waals surface area contributed by atoms with Crippen molar-refractivity contribution in [3.8, 4) is 0 Å². The summed E-state index contributed by atoms with van der Waals surface area (Å²) in [5.41, 5.74) is 0. The number of nitrogens with one attached hydrogen (secondary N) is 1. The first kappa shape index (κ1) is 11.4. The summed E-state index contributed by atoms with van der Waals surface area (Å²) < 4.78 is 0. The largest absolute Gasteiger partial charge is 0.313 e. The van der Waals surface area contributed by atoms with E-state index in [1.54, 1.807) is 0 Å². The van der Waals surface area contributed by atoms with Crippen LogP contribution in [0.2, 0.25) is 0 Å². The van der Waals surface area contributed by atoms with Crippen molar-refractivity contribution in [3.63, 3.8) is 0 Å². The summed E-state index contributed by atoms with van der Waals surface area (Å²) in [6.45, 7) is 7.49. The van der Waals surface area contributed by atoms with Crippen molar-refractivity contribution in [2.24, 2.45) is 5.92 Å². The highest BCUT2D eigenvalue weighted by molar-refractivity contribution is 4.80. The Labute approximate surface area is 94.4 Å². The minimum atomic E-state index is 0.831. The summed E-state index contributed by atoms with van der Waals surface area (Å²) in [6, 6.07) is 0.831. The summed E-state index contributed by atoms with van der Waals surface area (Å²) in [6.07, 6.45) is 8.51. The van der Waals surface area contributed by atoms with E-state index in [4.69, 9.17) is 0 Å². The molecule has 2 aliphatic rings. The smallest absolute Gasteiger partial charge is 0.0107 e. The van der Waals surface area contributed by atoms with Crippen molar-refractivity contribution in [1.82, 2.24) is 10.2 Å². The zero-order chi connectivity index (χ0) is 10.5. The van der Waals surface area contributed by atoms with Crippen molar-refractivity contribution in [1.29, 1.82) is 0 Å². The zero-order valence-electron chi connectivity index (χ0n) is 10.2. The van der Waals surface area contributed by atoms with Gasteiger partial charge < -0.3 is 10.2 Å². The Hall–Kier alpha value is -0.0800. The zero-order valence-corrected chi connectivity index (χ0v) is 10.2. The van der Waals surface area contributed by atoms with Gasteiger partial charge in [-0.3, -0.25) is 0 Å². The Bertz CT molecular complexity index is 175. The van der Waals surface area contributed by atoms with E-state index in [-0.39, 0.29) is 0 Å². The van der Waals surface area contributed by atoms with Crippen LogP contribution in [0.4, 0.5) is 0 Å². The van der Waals surface area contributed by atoms with Gasteiger partial charge >= 0.3 is 0 Å². The molecule has 2 nitrogen and oxygen atoms in total. The fraction of sp³-hybridized carbons (Fsp3) is 1.00. The van der Waals surface area contributed by atoms with Gasteiger partial charge in [-0.25, -0.2) is 0 Å². The van der Waals surface area contributed by atoms with E-state index in [0.29, 0.717) is 0 Å². The van der Waals surface area contributed by atoms with Gasteiger partial charge in [-0.15, -0.1) is 0 Å². The maximum Gasteiger partial charge on any atom is 0.0107 e. The van der Waals surface area contributed by atoms with Crippen molar-refractivity contribution < 1.29 is 0 Å². The van der Waals surface area contributed by atoms with Crippen LogP contribution in [0.25, 0.3) is 0 Å². The topological polar surface area (TPSA) is 15.3 Å². The van der Waals surface area contributed by atoms with Crippen LogP contribution >= 0.6 is 0 Å². The Kier molecular flexibility index (Phi) is 4.45. The summed E-state index contributed by atoms with van der Waals surface area (Å²) in [7, 11) is 0. The van der Waals surface area contributed by atoms with Crippen LogP contribution in [0, 0.1) is 5.92 Å². The first-order valence-corrected chi connectivity index (χ1v) is 6.84. The Morgan fingerprint density at radius 1 is 1.20 bits per heavy atom. The number of nitrogens with zero attached hydrogens (tertiary/aromatic N) is 1. The van der Waals surface area contributed by atoms with E-state index in [2.05, 4.69) is 17.1 Å². The highest BCUT2D eigenvalue weighted by Gasteiger charge is 2.22. The van der Waals surface area contributed by atoms with E-state index in [1.165, 1.54) is 64.7 Å². The molecule has 0 bridgehead atoms. The third-order valence-electron chi connectivity index (χ3n) is 4.18. The van der Waals surface area contributed by atoms with E-state index in [1.807, 2.05) is 0 Å². The van der Waals surface area contributed by atoms with Gasteiger partial charge in [0.2, 0.25) is 0 Å². The highest BCUT2D eigenvalue weighted by Crippen LogP contribution is 2.27. The molecular formula is C13H26N2. The lowest BCUT2D eigenvalue weighted by molar-refractivity contribution is 0.326. The second kappa shape index (κ2) is 5.86. The van der Waals surface area contributed by atoms with Crippen LogP contribution in [0.15, 0.2) is 0 Å². The number of hydrogen-bond acceptors (Lipinski definition) is 2. The van der Waals surface area contributed by atoms with Crippen LogP contribution in [-0.4, -0.2) is 37.1 Å². The highest BCUT2D eigenvalue weighted by atomic mass is 15.2. The molecule has 2 atom stereocenters. The van der Waals surface area contributed by atoms with E-state index < -0.39 is 0 Å². The second-order valence-electron chi connectivity index (χ2n) is 5.29. The normalized spacial score (nSPS) is 32.6. The van der Waals surface area contributed by atoms with Gasteiger partial charge in [0.25, 0.3) is 0 Å². The van der Waals surface area contributed by atoms with Gasteiger partial charge in [-0.1, -0.05) is 13.3 Å². The third-order valence-corrected chi connectivity index (χ3v) is 4.18. The molecule has 2 rings (SSSR count). The van der Waals surface area contributed by atoms with Crippen molar-refractivity contribution in [2.75, 3.05) is 26.2 Å². The standard InChI is InChI=1S/C13H26N2/c1-2-12-5-6-13(11-12)14-7-10-15-8-3-4-9-15/h12-14H,2-11H2,1H3. The van der Waals surface area contributed by atoms with Crippen molar-refractivity contribution in [2.45, 2.75) is 51.5 Å². The molecule has 1 N–H and O–H groups in total. The summed E-state index contributed by atoms with van der Waals surface area (Å²) in [4.78, 5) is 2.60. The summed E-state index contributed by atoms with van der Waals surface area (Å²) in [5.74, 6) is 1.01. The molecule has 1 heterocycles. The second-order valence-corrected chi connectivity index (χ2v) is 5.29. The van der Waals surface area contributed by atoms with E-state index in [9.17, 15) is 0 Å². The molecule has 1 aliphatic carbocycles. The van der Waals surface area contributed by atoms with E-state index in [0.717, 1.165) is 12.0 Å². The predicted octanol–water partition coefficient (Wildman–Crippen LogP) is 2.25. The molecule has 2 unspecified atom stereocenters. The van der Waals surface area contributed by atoms with Gasteiger partial charge in [0.1, 0.15) is 0 Å². The van der Waals surface area contributed by atoms with Crippen LogP contribution in [0.5, 0.6) is 0 Å². The molecule has 1 saturated carbocycles. The average molecular weight is 210 g/mol. The van der Waals surface area contributed by atoms with Gasteiger partial charge in [0, 0.05) is 19.1 Å². The van der Waals surface area contributed by atoms with Crippen LogP contribution in [-0.2, 0) is 0 Å². The number of hydrogen-bond donors (Lipinski definition) is 1. The molecule has 0 aromatic rings. The third kappa shape index (κ3) is 3.46. The van der Waals surface area contributed by atoms with Crippen LogP contribution < -0.4 is 5.32 Å². The predicted molar refractivity (Wildman–Crippen MR) is 65.1 cm³/mol. The molecule has 0 spiro atoms. The van der Waals surface area contributed by atoms with Gasteiger partial charge in [0.05, 0.1) is 0 Å². The molecule has 1 aliphatic heterocycles. The SMILES string of the molecule is CCC1CCC(NCCN2CCCC2)C1. The maximum atomic E-state index is 3.73. The van der Waals surface area contributed by atoms with Crippen molar-refractivity contribution >= 4 is 0 Å². The molecule has 0 amide bonds. The fourth-order valence-corrected chi connectivity index (χ4v) is 3.06. The number of rotatable bonds is 5. The van der Waals surface area contributed by atoms with Gasteiger partial charge in [0.15, 0.2) is 0 Å². The van der Waals surface area contributed by atoms with Gasteiger partial charge in [-0.05, 0) is 51.1 Å². The molecule has 88 valence electrons. The Morgan fingerprint density at radius 2 is 2.00 bits per heavy atom. The first-order chi connectivity index (χ1) is 7.38. The monoisotopic (exact) mass is 210 g/mol. The Balaban J connectivity index is 1.54. The first-order valence-electron chi connectivity index (χ1n) is 6.84. The molecule has 0 aromatic heterocycles. The minimum absolute atomic E-state index is 0.831. The quantitative estimate of drug-likeness (QED) is 0.749. The summed E-state index contributed by atoms with van der Waals surface area (Å²) in [5, 5.41) is 3.73. The molecular weight excluding hydrogens is 184 g/mol. The van der Waals surface area contributed by atoms with Gasteiger partial charge in [-0.2, -0.15) is 0 Å². The number of likely N-dealkylation sites (tertiary alicyclic amines) is 1. The lowest BCUT2D eigenvalue weighted by Gasteiger charge is -2.17. The molecule has 2 fully saturated rings. The lowest BCUT2D eigenvalue weighted by atomic mass is 10.1. The van der Waals surface area contributed by atoms with E-state index >= 15 is 0 Å².